The zero-order valence-corrected chi connectivity index (χ0v) is 14.5. The van der Waals surface area contributed by atoms with E-state index < -0.39 is 0 Å². The van der Waals surface area contributed by atoms with Crippen LogP contribution in [-0.4, -0.2) is 14.1 Å². The van der Waals surface area contributed by atoms with Crippen molar-refractivity contribution in [2.24, 2.45) is 7.05 Å². The molecule has 0 saturated heterocycles. The molecule has 0 aliphatic heterocycles. The highest BCUT2D eigenvalue weighted by atomic mass is 35.5. The van der Waals surface area contributed by atoms with Gasteiger partial charge in [-0.25, -0.2) is 0 Å². The number of rotatable bonds is 1. The van der Waals surface area contributed by atoms with E-state index in [4.69, 9.17) is 5.73 Å². The summed E-state index contributed by atoms with van der Waals surface area (Å²) < 4.78 is 2.23. The van der Waals surface area contributed by atoms with Crippen LogP contribution in [-0.2, 0) is 7.05 Å². The van der Waals surface area contributed by atoms with Crippen molar-refractivity contribution in [1.29, 1.82) is 0 Å². The Morgan fingerprint density at radius 3 is 2.00 bits per heavy atom. The number of hydrogen-bond acceptors (Lipinski definition) is 2. The number of hydrogen-bond donors (Lipinski definition) is 1. The second-order valence-corrected chi connectivity index (χ2v) is 6.06. The Hall–Kier alpha value is -2.00. The van der Waals surface area contributed by atoms with Gasteiger partial charge in [-0.1, -0.05) is 0 Å². The molecule has 0 spiro atoms. The van der Waals surface area contributed by atoms with Gasteiger partial charge in [0.2, 0.25) is 11.0 Å². The van der Waals surface area contributed by atoms with E-state index in [-0.39, 0.29) is 12.4 Å². The van der Waals surface area contributed by atoms with Crippen LogP contribution in [0.3, 0.4) is 0 Å². The lowest BCUT2D eigenvalue weighted by molar-refractivity contribution is -0.617. The highest BCUT2D eigenvalue weighted by molar-refractivity contribution is 5.92. The van der Waals surface area contributed by atoms with E-state index in [0.29, 0.717) is 0 Å². The molecule has 2 N–H and O–H groups in total. The Kier molecular flexibility index (Phi) is 4.21. The molecule has 2 aromatic carbocycles. The maximum Gasteiger partial charge on any atom is 0.214 e. The minimum absolute atomic E-state index is 0. The fourth-order valence-corrected chi connectivity index (χ4v) is 3.03. The number of nitrogens with zero attached hydrogens (tertiary/aromatic N) is 2. The van der Waals surface area contributed by atoms with E-state index in [9.17, 15) is 0 Å². The number of pyridine rings is 1. The van der Waals surface area contributed by atoms with E-state index >= 15 is 0 Å². The zero-order valence-electron chi connectivity index (χ0n) is 13.7. The van der Waals surface area contributed by atoms with Crippen molar-refractivity contribution in [3.8, 4) is 0 Å². The Labute approximate surface area is 137 Å². The van der Waals surface area contributed by atoms with Crippen LogP contribution in [0.1, 0.15) is 11.1 Å². The van der Waals surface area contributed by atoms with E-state index in [0.717, 1.165) is 11.3 Å². The molecule has 116 valence electrons. The van der Waals surface area contributed by atoms with E-state index in [1.807, 2.05) is 0 Å². The maximum absolute atomic E-state index is 6.08. The molecule has 3 nitrogen and oxygen atoms in total. The van der Waals surface area contributed by atoms with Gasteiger partial charge < -0.3 is 23.0 Å². The SMILES string of the molecule is Cc1cc2cc3cc(C)c(N(C)C)cc3[n+](C)c2cc1N.[Cl-]. The third kappa shape index (κ3) is 2.46. The lowest BCUT2D eigenvalue weighted by atomic mass is 10.0. The van der Waals surface area contributed by atoms with Crippen LogP contribution in [0.5, 0.6) is 0 Å². The topological polar surface area (TPSA) is 33.1 Å². The molecule has 0 atom stereocenters. The van der Waals surface area contributed by atoms with Crippen LogP contribution in [0.2, 0.25) is 0 Å². The molecule has 0 saturated carbocycles. The average Bonchev–Trinajstić information content (AvgIpc) is 2.40. The van der Waals surface area contributed by atoms with Gasteiger partial charge in [0.25, 0.3) is 0 Å². The summed E-state index contributed by atoms with van der Waals surface area (Å²) in [6.07, 6.45) is 0. The van der Waals surface area contributed by atoms with E-state index in [1.165, 1.54) is 33.1 Å². The van der Waals surface area contributed by atoms with Crippen LogP contribution in [0.25, 0.3) is 21.8 Å². The summed E-state index contributed by atoms with van der Waals surface area (Å²) >= 11 is 0. The normalized spacial score (nSPS) is 10.8. The zero-order chi connectivity index (χ0) is 15.3. The van der Waals surface area contributed by atoms with Crippen molar-refractivity contribution in [1.82, 2.24) is 0 Å². The highest BCUT2D eigenvalue weighted by Crippen LogP contribution is 2.27. The quantitative estimate of drug-likeness (QED) is 0.392. The van der Waals surface area contributed by atoms with Gasteiger partial charge in [-0.15, -0.1) is 0 Å². The van der Waals surface area contributed by atoms with E-state index in [1.54, 1.807) is 0 Å². The summed E-state index contributed by atoms with van der Waals surface area (Å²) in [5.74, 6) is 0. The molecular weight excluding hydrogens is 294 g/mol. The van der Waals surface area contributed by atoms with Gasteiger partial charge in [0.05, 0.1) is 0 Å². The molecule has 3 rings (SSSR count). The molecule has 4 heteroatoms. The molecule has 0 aliphatic carbocycles. The molecule has 0 radical (unpaired) electrons. The molecule has 0 fully saturated rings. The van der Waals surface area contributed by atoms with Gasteiger partial charge in [-0.3, -0.25) is 0 Å². The second-order valence-electron chi connectivity index (χ2n) is 6.06. The molecule has 0 amide bonds. The lowest BCUT2D eigenvalue weighted by Gasteiger charge is -2.16. The van der Waals surface area contributed by atoms with Gasteiger partial charge in [-0.2, -0.15) is 4.57 Å². The molecule has 22 heavy (non-hydrogen) atoms. The first-order chi connectivity index (χ1) is 9.88. The van der Waals surface area contributed by atoms with Crippen molar-refractivity contribution in [3.05, 3.63) is 41.5 Å². The molecular formula is C18H22ClN3. The number of aryl methyl sites for hydroxylation is 3. The summed E-state index contributed by atoms with van der Waals surface area (Å²) in [7, 11) is 6.27. The standard InChI is InChI=1S/C18H21N3.ClH/c1-11-6-13-8-14-7-12(2)16(20(3)4)10-18(14)21(5)17(13)9-15(11)19;/h6-10,19H,1-5H3;1H. The van der Waals surface area contributed by atoms with Crippen molar-refractivity contribution in [2.75, 3.05) is 24.7 Å². The van der Waals surface area contributed by atoms with Crippen LogP contribution < -0.4 is 27.6 Å². The summed E-state index contributed by atoms with van der Waals surface area (Å²) in [6, 6.07) is 11.0. The third-order valence-electron chi connectivity index (χ3n) is 4.28. The lowest BCUT2D eigenvalue weighted by Crippen LogP contribution is -3.00. The Balaban J connectivity index is 0.00000176. The number of fused-ring (bicyclic) bond motifs is 2. The van der Waals surface area contributed by atoms with E-state index in [2.05, 4.69) is 74.8 Å². The van der Waals surface area contributed by atoms with Crippen LogP contribution >= 0.6 is 0 Å². The van der Waals surface area contributed by atoms with Crippen LogP contribution in [0, 0.1) is 13.8 Å². The van der Waals surface area contributed by atoms with Crippen molar-refractivity contribution < 1.29 is 17.0 Å². The van der Waals surface area contributed by atoms with Crippen LogP contribution in [0.4, 0.5) is 11.4 Å². The number of aromatic nitrogens is 1. The molecule has 0 aliphatic rings. The first kappa shape index (κ1) is 16.4. The minimum atomic E-state index is 0. The van der Waals surface area contributed by atoms with Crippen LogP contribution in [0.15, 0.2) is 30.3 Å². The largest absolute Gasteiger partial charge is 1.00 e. The summed E-state index contributed by atoms with van der Waals surface area (Å²) in [5.41, 5.74) is 13.0. The summed E-state index contributed by atoms with van der Waals surface area (Å²) in [6.45, 7) is 4.21. The minimum Gasteiger partial charge on any atom is -1.00 e. The predicted octanol–water partition coefficient (Wildman–Crippen LogP) is 0.0865. The molecule has 1 aromatic heterocycles. The summed E-state index contributed by atoms with van der Waals surface area (Å²) in [4.78, 5) is 2.16. The van der Waals surface area contributed by atoms with Crippen molar-refractivity contribution in [3.63, 3.8) is 0 Å². The number of halogens is 1. The highest BCUT2D eigenvalue weighted by Gasteiger charge is 2.15. The monoisotopic (exact) mass is 315 g/mol. The number of nitrogens with two attached hydrogens (primary N) is 1. The Morgan fingerprint density at radius 1 is 0.864 bits per heavy atom. The third-order valence-corrected chi connectivity index (χ3v) is 4.28. The first-order valence-corrected chi connectivity index (χ1v) is 7.19. The second kappa shape index (κ2) is 5.65. The van der Waals surface area contributed by atoms with Crippen molar-refractivity contribution >= 4 is 33.2 Å². The number of nitrogen functional groups attached to an aromatic ring is 1. The van der Waals surface area contributed by atoms with Gasteiger partial charge in [0, 0.05) is 48.4 Å². The Morgan fingerprint density at radius 2 is 1.41 bits per heavy atom. The van der Waals surface area contributed by atoms with Crippen molar-refractivity contribution in [2.45, 2.75) is 13.8 Å². The average molecular weight is 316 g/mol. The van der Waals surface area contributed by atoms with Gasteiger partial charge in [-0.05, 0) is 43.2 Å². The smallest absolute Gasteiger partial charge is 0.214 e. The molecule has 1 heterocycles. The fraction of sp³-hybridized carbons (Fsp3) is 0.278. The van der Waals surface area contributed by atoms with Gasteiger partial charge in [0.1, 0.15) is 7.05 Å². The number of benzene rings is 2. The summed E-state index contributed by atoms with van der Waals surface area (Å²) in [5, 5.41) is 2.49. The van der Waals surface area contributed by atoms with Gasteiger partial charge in [0.15, 0.2) is 0 Å². The van der Waals surface area contributed by atoms with Gasteiger partial charge >= 0.3 is 0 Å². The molecule has 0 bridgehead atoms. The first-order valence-electron chi connectivity index (χ1n) is 7.19. The maximum atomic E-state index is 6.08. The number of anilines is 2. The predicted molar refractivity (Wildman–Crippen MR) is 90.8 cm³/mol. The molecule has 3 aromatic rings. The molecule has 0 unspecified atom stereocenters. The fourth-order valence-electron chi connectivity index (χ4n) is 3.03. The Bertz CT molecular complexity index is 869.